The fourth-order valence-electron chi connectivity index (χ4n) is 2.89. The van der Waals surface area contributed by atoms with Gasteiger partial charge in [-0.05, 0) is 30.7 Å². The first-order valence-electron chi connectivity index (χ1n) is 6.72. The van der Waals surface area contributed by atoms with Crippen molar-refractivity contribution < 1.29 is 0 Å². The van der Waals surface area contributed by atoms with Crippen molar-refractivity contribution >= 4 is 16.6 Å². The molecular weight excluding hydrogens is 222 g/mol. The summed E-state index contributed by atoms with van der Waals surface area (Å²) in [4.78, 5) is 0. The van der Waals surface area contributed by atoms with Crippen LogP contribution in [0, 0.1) is 11.8 Å². The summed E-state index contributed by atoms with van der Waals surface area (Å²) in [6, 6.07) is 8.73. The van der Waals surface area contributed by atoms with Crippen molar-refractivity contribution in [3.05, 3.63) is 30.5 Å². The van der Waals surface area contributed by atoms with Crippen molar-refractivity contribution in [1.82, 2.24) is 10.2 Å². The first-order valence-corrected chi connectivity index (χ1v) is 6.72. The molecule has 0 bridgehead atoms. The topological polar surface area (TPSA) is 37.8 Å². The van der Waals surface area contributed by atoms with Crippen LogP contribution >= 0.6 is 0 Å². The van der Waals surface area contributed by atoms with Crippen LogP contribution in [0.15, 0.2) is 30.5 Å². The summed E-state index contributed by atoms with van der Waals surface area (Å²) in [6.45, 7) is 4.68. The minimum Gasteiger partial charge on any atom is -0.380 e. The Labute approximate surface area is 108 Å². The highest BCUT2D eigenvalue weighted by Crippen LogP contribution is 2.34. The molecule has 3 nitrogen and oxygen atoms in total. The fourth-order valence-corrected chi connectivity index (χ4v) is 2.89. The summed E-state index contributed by atoms with van der Waals surface area (Å²) in [6.07, 6.45) is 4.41. The van der Waals surface area contributed by atoms with Gasteiger partial charge in [0.2, 0.25) is 0 Å². The molecular formula is C15H19N3. The van der Waals surface area contributed by atoms with Crippen LogP contribution in [0.2, 0.25) is 0 Å². The zero-order valence-corrected chi connectivity index (χ0v) is 10.9. The van der Waals surface area contributed by atoms with E-state index < -0.39 is 0 Å². The molecule has 3 rings (SSSR count). The summed E-state index contributed by atoms with van der Waals surface area (Å²) >= 11 is 0. The van der Waals surface area contributed by atoms with E-state index in [1.165, 1.54) is 18.2 Å². The predicted octanol–water partition coefficient (Wildman–Crippen LogP) is 3.48. The molecule has 0 saturated heterocycles. The smallest absolute Gasteiger partial charge is 0.0950 e. The quantitative estimate of drug-likeness (QED) is 0.874. The fraction of sp³-hybridized carbons (Fsp3) is 0.467. The Kier molecular flexibility index (Phi) is 2.90. The minimum atomic E-state index is 0.563. The summed E-state index contributed by atoms with van der Waals surface area (Å²) in [7, 11) is 0. The van der Waals surface area contributed by atoms with Gasteiger partial charge in [0, 0.05) is 11.4 Å². The second-order valence-electron chi connectivity index (χ2n) is 5.44. The molecule has 0 spiro atoms. The maximum atomic E-state index is 4.16. The van der Waals surface area contributed by atoms with E-state index in [1.54, 1.807) is 0 Å². The van der Waals surface area contributed by atoms with E-state index in [-0.39, 0.29) is 0 Å². The van der Waals surface area contributed by atoms with Crippen LogP contribution < -0.4 is 5.32 Å². The lowest BCUT2D eigenvalue weighted by Crippen LogP contribution is -2.24. The molecule has 3 atom stereocenters. The van der Waals surface area contributed by atoms with Crippen molar-refractivity contribution in [2.75, 3.05) is 5.32 Å². The third-order valence-corrected chi connectivity index (χ3v) is 4.35. The average Bonchev–Trinajstić information content (AvgIpc) is 2.71. The van der Waals surface area contributed by atoms with E-state index in [2.05, 4.69) is 41.5 Å². The second-order valence-corrected chi connectivity index (χ2v) is 5.44. The maximum absolute atomic E-state index is 4.16. The zero-order chi connectivity index (χ0) is 12.5. The highest BCUT2D eigenvalue weighted by atomic mass is 15.1. The number of anilines is 1. The number of aromatic nitrogens is 2. The molecule has 0 amide bonds. The van der Waals surface area contributed by atoms with E-state index in [0.29, 0.717) is 6.04 Å². The highest BCUT2D eigenvalue weighted by molar-refractivity contribution is 5.90. The number of fused-ring (bicyclic) bond motifs is 1. The van der Waals surface area contributed by atoms with Gasteiger partial charge in [-0.3, -0.25) is 0 Å². The van der Waals surface area contributed by atoms with Crippen LogP contribution in [-0.4, -0.2) is 16.2 Å². The van der Waals surface area contributed by atoms with Crippen LogP contribution in [0.4, 0.5) is 5.69 Å². The third-order valence-electron chi connectivity index (χ3n) is 4.35. The van der Waals surface area contributed by atoms with Gasteiger partial charge in [0.1, 0.15) is 0 Å². The summed E-state index contributed by atoms with van der Waals surface area (Å²) < 4.78 is 0. The number of nitrogens with one attached hydrogen (secondary N) is 1. The Morgan fingerprint density at radius 1 is 1.17 bits per heavy atom. The molecule has 1 heterocycles. The molecule has 2 aromatic rings. The lowest BCUT2D eigenvalue weighted by Gasteiger charge is -2.21. The van der Waals surface area contributed by atoms with Gasteiger partial charge in [0.05, 0.1) is 17.4 Å². The van der Waals surface area contributed by atoms with Crippen LogP contribution in [0.25, 0.3) is 10.9 Å². The molecule has 0 radical (unpaired) electrons. The average molecular weight is 241 g/mol. The van der Waals surface area contributed by atoms with E-state index in [4.69, 9.17) is 0 Å². The number of rotatable bonds is 2. The molecule has 1 N–H and O–H groups in total. The summed E-state index contributed by atoms with van der Waals surface area (Å²) in [5, 5.41) is 13.1. The third kappa shape index (κ3) is 1.94. The minimum absolute atomic E-state index is 0.563. The van der Waals surface area contributed by atoms with Gasteiger partial charge in [0.25, 0.3) is 0 Å². The Morgan fingerprint density at radius 2 is 2.00 bits per heavy atom. The van der Waals surface area contributed by atoms with Crippen molar-refractivity contribution in [2.45, 2.75) is 32.7 Å². The molecule has 1 aliphatic carbocycles. The van der Waals surface area contributed by atoms with Crippen molar-refractivity contribution in [3.8, 4) is 0 Å². The van der Waals surface area contributed by atoms with E-state index in [0.717, 1.165) is 23.0 Å². The van der Waals surface area contributed by atoms with Crippen LogP contribution in [-0.2, 0) is 0 Å². The van der Waals surface area contributed by atoms with Crippen molar-refractivity contribution in [1.29, 1.82) is 0 Å². The molecule has 18 heavy (non-hydrogen) atoms. The largest absolute Gasteiger partial charge is 0.380 e. The van der Waals surface area contributed by atoms with E-state index in [9.17, 15) is 0 Å². The normalized spacial score (nSPS) is 27.6. The molecule has 3 unspecified atom stereocenters. The van der Waals surface area contributed by atoms with Crippen LogP contribution in [0.1, 0.15) is 26.7 Å². The molecule has 0 aliphatic heterocycles. The lowest BCUT2D eigenvalue weighted by atomic mass is 9.97. The Hall–Kier alpha value is -1.64. The Balaban J connectivity index is 1.91. The first-order chi connectivity index (χ1) is 8.75. The number of hydrogen-bond acceptors (Lipinski definition) is 3. The second kappa shape index (κ2) is 4.56. The highest BCUT2D eigenvalue weighted by Gasteiger charge is 2.29. The number of benzene rings is 1. The van der Waals surface area contributed by atoms with Gasteiger partial charge in [-0.15, -0.1) is 0 Å². The summed E-state index contributed by atoms with van der Waals surface area (Å²) in [5.74, 6) is 1.53. The Bertz CT molecular complexity index is 547. The van der Waals surface area contributed by atoms with Crippen LogP contribution in [0.3, 0.4) is 0 Å². The van der Waals surface area contributed by atoms with E-state index in [1.807, 2.05) is 18.3 Å². The summed E-state index contributed by atoms with van der Waals surface area (Å²) in [5.41, 5.74) is 2.08. The molecule has 1 aliphatic rings. The van der Waals surface area contributed by atoms with Gasteiger partial charge in [-0.1, -0.05) is 32.0 Å². The van der Waals surface area contributed by atoms with Gasteiger partial charge in [-0.2, -0.15) is 10.2 Å². The van der Waals surface area contributed by atoms with Crippen LogP contribution in [0.5, 0.6) is 0 Å². The predicted molar refractivity (Wildman–Crippen MR) is 74.5 cm³/mol. The Morgan fingerprint density at radius 3 is 2.78 bits per heavy atom. The van der Waals surface area contributed by atoms with Gasteiger partial charge in [-0.25, -0.2) is 0 Å². The molecule has 1 saturated carbocycles. The van der Waals surface area contributed by atoms with Crippen molar-refractivity contribution in [2.24, 2.45) is 11.8 Å². The molecule has 94 valence electrons. The monoisotopic (exact) mass is 241 g/mol. The number of nitrogens with zero attached hydrogens (tertiary/aromatic N) is 2. The van der Waals surface area contributed by atoms with Gasteiger partial charge >= 0.3 is 0 Å². The standard InChI is InChI=1S/C15H19N3/c1-10-7-8-13(11(10)2)17-15-9-16-18-14-6-4-3-5-12(14)15/h3-6,9-11,13H,7-8H2,1-2H3,(H,17,18). The molecule has 1 aromatic heterocycles. The first kappa shape index (κ1) is 11.5. The van der Waals surface area contributed by atoms with Crippen molar-refractivity contribution in [3.63, 3.8) is 0 Å². The van der Waals surface area contributed by atoms with Gasteiger partial charge in [0.15, 0.2) is 0 Å². The van der Waals surface area contributed by atoms with E-state index >= 15 is 0 Å². The zero-order valence-electron chi connectivity index (χ0n) is 10.9. The lowest BCUT2D eigenvalue weighted by molar-refractivity contribution is 0.435. The molecule has 1 fully saturated rings. The van der Waals surface area contributed by atoms with Gasteiger partial charge < -0.3 is 5.32 Å². The molecule has 1 aromatic carbocycles. The molecule has 3 heteroatoms. The number of hydrogen-bond donors (Lipinski definition) is 1. The SMILES string of the molecule is CC1CCC(Nc2cnnc3ccccc23)C1C. The maximum Gasteiger partial charge on any atom is 0.0950 e.